The monoisotopic (exact) mass is 388 g/mol. The maximum absolute atomic E-state index is 11.4. The molecule has 0 aliphatic carbocycles. The number of nitrogens with one attached hydrogen (secondary N) is 1. The molecule has 0 bridgehead atoms. The Kier molecular flexibility index (Phi) is 9.24. The van der Waals surface area contributed by atoms with Crippen LogP contribution in [0, 0.1) is 0 Å². The number of nitrogens with zero attached hydrogens (tertiary/aromatic N) is 2. The van der Waals surface area contributed by atoms with Crippen molar-refractivity contribution in [2.24, 2.45) is 0 Å². The van der Waals surface area contributed by atoms with Crippen LogP contribution in [0.2, 0.25) is 0 Å². The lowest BCUT2D eigenvalue weighted by atomic mass is 10.3. The number of rotatable bonds is 5. The summed E-state index contributed by atoms with van der Waals surface area (Å²) in [5.41, 5.74) is 0.416. The normalized spacial score (nSPS) is 11.2. The van der Waals surface area contributed by atoms with Crippen LogP contribution in [0.1, 0.15) is 17.3 Å². The van der Waals surface area contributed by atoms with Gasteiger partial charge in [0.05, 0.1) is 12.7 Å². The summed E-state index contributed by atoms with van der Waals surface area (Å²) in [7, 11) is -3.34. The van der Waals surface area contributed by atoms with Gasteiger partial charge in [-0.05, 0) is 12.0 Å². The van der Waals surface area contributed by atoms with Gasteiger partial charge < -0.3 is 19.8 Å². The van der Waals surface area contributed by atoms with Crippen molar-refractivity contribution in [3.05, 3.63) is 24.0 Å². The van der Waals surface area contributed by atoms with Crippen molar-refractivity contribution < 1.29 is 46.5 Å². The first-order valence-corrected chi connectivity index (χ1v) is 8.54. The van der Waals surface area contributed by atoms with Crippen LogP contribution >= 0.6 is 7.60 Å². The van der Waals surface area contributed by atoms with E-state index in [1.165, 1.54) is 17.1 Å². The van der Waals surface area contributed by atoms with Crippen LogP contribution in [0.25, 0.3) is 0 Å². The molecule has 1 rings (SSSR count). The van der Waals surface area contributed by atoms with Gasteiger partial charge in [-0.15, -0.1) is 0 Å². The summed E-state index contributed by atoms with van der Waals surface area (Å²) in [6.07, 6.45) is -2.25. The Morgan fingerprint density at radius 2 is 2.00 bits per heavy atom. The van der Waals surface area contributed by atoms with E-state index in [0.717, 1.165) is 0 Å². The Balaban J connectivity index is 0.000000609. The lowest BCUT2D eigenvalue weighted by Gasteiger charge is -2.01. The highest BCUT2D eigenvalue weighted by Gasteiger charge is 2.40. The van der Waals surface area contributed by atoms with Gasteiger partial charge in [0, 0.05) is 12.6 Å². The minimum atomic E-state index is -4.85. The highest BCUT2D eigenvalue weighted by Crippen LogP contribution is 2.33. The third-order valence-electron chi connectivity index (χ3n) is 2.41. The Morgan fingerprint density at radius 3 is 2.32 bits per heavy atom. The number of carbonyl (C=O) groups is 2. The molecule has 0 atom stereocenters. The summed E-state index contributed by atoms with van der Waals surface area (Å²) >= 11 is 0. The van der Waals surface area contributed by atoms with E-state index in [2.05, 4.69) is 15.2 Å². The van der Waals surface area contributed by atoms with Crippen LogP contribution in [-0.2, 0) is 20.6 Å². The fraction of sp³-hybridized carbons (Fsp3) is 0.500. The number of aryl methyl sites for hydroxylation is 1. The number of hydrogen-bond donors (Lipinski definition) is 3. The zero-order valence-electron chi connectivity index (χ0n) is 13.4. The van der Waals surface area contributed by atoms with Gasteiger partial charge in [0.1, 0.15) is 12.4 Å². The number of esters is 1. The Morgan fingerprint density at radius 1 is 1.40 bits per heavy atom. The predicted molar refractivity (Wildman–Crippen MR) is 77.4 cm³/mol. The number of carbonyl (C=O) groups excluding carboxylic acids is 2. The highest BCUT2D eigenvalue weighted by molar-refractivity contribution is 7.51. The molecule has 25 heavy (non-hydrogen) atoms. The zero-order chi connectivity index (χ0) is 19.7. The summed E-state index contributed by atoms with van der Waals surface area (Å²) in [5.74, 6) is -2.39. The molecule has 0 saturated carbocycles. The number of aromatic nitrogens is 2. The molecule has 142 valence electrons. The first-order valence-electron chi connectivity index (χ1n) is 6.74. The summed E-state index contributed by atoms with van der Waals surface area (Å²) in [5, 5.41) is 6.52. The second-order valence-corrected chi connectivity index (χ2v) is 6.19. The Hall–Kier alpha value is -2.04. The van der Waals surface area contributed by atoms with E-state index in [0.29, 0.717) is 19.2 Å². The molecule has 0 aliphatic heterocycles. The molecule has 1 amide bonds. The molecular formula is C12H18F3N3O6P+. The highest BCUT2D eigenvalue weighted by atomic mass is 31.2. The van der Waals surface area contributed by atoms with Crippen molar-refractivity contribution in [3.8, 4) is 0 Å². The SMILES string of the molecule is CCNC(=O)c1cc[n+](CCP(=O)(O)O)nc1.COC(=O)C(F)(F)F. The maximum atomic E-state index is 11.4. The van der Waals surface area contributed by atoms with Crippen LogP contribution in [0.5, 0.6) is 0 Å². The summed E-state index contributed by atoms with van der Waals surface area (Å²) in [6, 6.07) is 1.55. The standard InChI is InChI=1S/C9H14N3O4P.C3H3F3O2/c1-2-10-9(13)8-3-4-12(11-7-8)5-6-17(14,15)16;1-8-2(7)3(4,5)6/h3-4,7H,2,5-6H2,1H3,(H2-,10,13,14,15,16);1H3/p+1. The van der Waals surface area contributed by atoms with Gasteiger partial charge in [-0.1, -0.05) is 4.68 Å². The molecule has 1 heterocycles. The Labute approximate surface area is 141 Å². The summed E-state index contributed by atoms with van der Waals surface area (Å²) in [4.78, 5) is 38.3. The van der Waals surface area contributed by atoms with Gasteiger partial charge in [0.2, 0.25) is 0 Å². The molecule has 9 nitrogen and oxygen atoms in total. The quantitative estimate of drug-likeness (QED) is 0.368. The second kappa shape index (κ2) is 10.1. The van der Waals surface area contributed by atoms with Gasteiger partial charge in [0.15, 0.2) is 12.7 Å². The van der Waals surface area contributed by atoms with E-state index >= 15 is 0 Å². The van der Waals surface area contributed by atoms with Crippen molar-refractivity contribution in [3.63, 3.8) is 0 Å². The number of halogens is 3. The first kappa shape index (κ1) is 23.0. The van der Waals surface area contributed by atoms with E-state index in [4.69, 9.17) is 9.79 Å². The number of amides is 1. The smallest absolute Gasteiger partial charge is 0.462 e. The molecular weight excluding hydrogens is 370 g/mol. The zero-order valence-corrected chi connectivity index (χ0v) is 14.3. The average Bonchev–Trinajstić information content (AvgIpc) is 2.52. The third-order valence-corrected chi connectivity index (χ3v) is 3.19. The van der Waals surface area contributed by atoms with E-state index in [1.807, 2.05) is 6.92 Å². The lowest BCUT2D eigenvalue weighted by Crippen LogP contribution is -2.39. The molecule has 0 spiro atoms. The van der Waals surface area contributed by atoms with Crippen LogP contribution in [0.4, 0.5) is 13.2 Å². The molecule has 0 aliphatic rings. The largest absolute Gasteiger partial charge is 0.490 e. The van der Waals surface area contributed by atoms with Crippen molar-refractivity contribution in [2.45, 2.75) is 19.6 Å². The Bertz CT molecular complexity index is 618. The van der Waals surface area contributed by atoms with E-state index in [1.54, 1.807) is 6.07 Å². The van der Waals surface area contributed by atoms with Crippen molar-refractivity contribution in [2.75, 3.05) is 19.8 Å². The van der Waals surface area contributed by atoms with Crippen molar-refractivity contribution in [1.82, 2.24) is 10.4 Å². The number of alkyl halides is 3. The fourth-order valence-electron chi connectivity index (χ4n) is 1.26. The number of ether oxygens (including phenoxy) is 1. The summed E-state index contributed by atoms with van der Waals surface area (Å²) in [6.45, 7) is 2.46. The fourth-order valence-corrected chi connectivity index (χ4v) is 1.73. The lowest BCUT2D eigenvalue weighted by molar-refractivity contribution is -0.750. The van der Waals surface area contributed by atoms with E-state index < -0.39 is 19.7 Å². The molecule has 0 saturated heterocycles. The van der Waals surface area contributed by atoms with Gasteiger partial charge in [0.25, 0.3) is 5.91 Å². The summed E-state index contributed by atoms with van der Waals surface area (Å²) < 4.78 is 48.3. The second-order valence-electron chi connectivity index (χ2n) is 4.42. The molecule has 0 radical (unpaired) electrons. The van der Waals surface area contributed by atoms with Crippen LogP contribution < -0.4 is 10.00 Å². The van der Waals surface area contributed by atoms with Gasteiger partial charge in [-0.25, -0.2) is 4.79 Å². The maximum Gasteiger partial charge on any atom is 0.490 e. The third kappa shape index (κ3) is 10.4. The minimum Gasteiger partial charge on any atom is -0.462 e. The molecule has 1 aromatic heterocycles. The minimum absolute atomic E-state index is 0.111. The average molecular weight is 388 g/mol. The van der Waals surface area contributed by atoms with Gasteiger partial charge in [-0.2, -0.15) is 13.2 Å². The topological polar surface area (TPSA) is 130 Å². The molecule has 1 aromatic rings. The van der Waals surface area contributed by atoms with E-state index in [-0.39, 0.29) is 18.6 Å². The predicted octanol–water partition coefficient (Wildman–Crippen LogP) is 0.0182. The molecule has 0 unspecified atom stereocenters. The van der Waals surface area contributed by atoms with Crippen molar-refractivity contribution in [1.29, 1.82) is 0 Å². The molecule has 0 fully saturated rings. The van der Waals surface area contributed by atoms with Crippen molar-refractivity contribution >= 4 is 19.5 Å². The van der Waals surface area contributed by atoms with Crippen LogP contribution in [0.15, 0.2) is 18.5 Å². The van der Waals surface area contributed by atoms with Crippen LogP contribution in [0.3, 0.4) is 0 Å². The van der Waals surface area contributed by atoms with E-state index in [9.17, 15) is 27.3 Å². The van der Waals surface area contributed by atoms with Gasteiger partial charge in [-0.3, -0.25) is 9.36 Å². The number of hydrogen-bond acceptors (Lipinski definition) is 5. The molecule has 0 aromatic carbocycles. The number of methoxy groups -OCH3 is 1. The van der Waals surface area contributed by atoms with Gasteiger partial charge >= 0.3 is 19.7 Å². The molecule has 13 heteroatoms. The van der Waals surface area contributed by atoms with Crippen LogP contribution in [-0.4, -0.2) is 52.8 Å². The first-order chi connectivity index (χ1) is 11.4. The molecule has 3 N–H and O–H groups in total.